The fourth-order valence-corrected chi connectivity index (χ4v) is 3.57. The van der Waals surface area contributed by atoms with Crippen LogP contribution < -0.4 is 10.1 Å². The minimum atomic E-state index is 0.541. The number of hydrogen-bond acceptors (Lipinski definition) is 5. The molecule has 0 fully saturated rings. The molecule has 0 atom stereocenters. The van der Waals surface area contributed by atoms with E-state index >= 15 is 0 Å². The Morgan fingerprint density at radius 3 is 2.47 bits per heavy atom. The van der Waals surface area contributed by atoms with Gasteiger partial charge in [0.2, 0.25) is 0 Å². The third kappa shape index (κ3) is 4.03. The topological polar surface area (TPSA) is 64.9 Å². The summed E-state index contributed by atoms with van der Waals surface area (Å²) in [5.74, 6) is 2.49. The van der Waals surface area contributed by atoms with Gasteiger partial charge in [0.25, 0.3) is 0 Å². The van der Waals surface area contributed by atoms with E-state index in [1.165, 1.54) is 0 Å². The summed E-state index contributed by atoms with van der Waals surface area (Å²) >= 11 is 0. The molecule has 6 nitrogen and oxygen atoms in total. The number of ether oxygens (including phenoxy) is 1. The molecule has 0 aliphatic heterocycles. The van der Waals surface area contributed by atoms with Gasteiger partial charge in [0.05, 0.1) is 5.52 Å². The van der Waals surface area contributed by atoms with Crippen molar-refractivity contribution in [3.63, 3.8) is 0 Å². The van der Waals surface area contributed by atoms with Gasteiger partial charge < -0.3 is 14.6 Å². The predicted molar refractivity (Wildman–Crippen MR) is 127 cm³/mol. The van der Waals surface area contributed by atoms with E-state index in [2.05, 4.69) is 43.0 Å². The number of nitrogens with one attached hydrogen (secondary N) is 1. The number of aromatic nitrogens is 4. The number of imidazole rings is 1. The molecule has 0 amide bonds. The molecule has 0 radical (unpaired) electrons. The van der Waals surface area contributed by atoms with Crippen molar-refractivity contribution in [3.8, 4) is 17.1 Å². The van der Waals surface area contributed by atoms with E-state index in [4.69, 9.17) is 4.74 Å². The van der Waals surface area contributed by atoms with Crippen LogP contribution >= 0.6 is 0 Å². The third-order valence-corrected chi connectivity index (χ3v) is 5.48. The number of anilines is 2. The second kappa shape index (κ2) is 8.51. The zero-order chi connectivity index (χ0) is 21.9. The summed E-state index contributed by atoms with van der Waals surface area (Å²) < 4.78 is 7.96. The lowest BCUT2D eigenvalue weighted by Gasteiger charge is -2.11. The van der Waals surface area contributed by atoms with Gasteiger partial charge in [-0.3, -0.25) is 0 Å². The SMILES string of the molecule is Cc1cnc(-c2ccc3ncnc(Nc4ccc(OCc5ccccc5)cc4)c3c2)n1C. The van der Waals surface area contributed by atoms with E-state index in [1.54, 1.807) is 6.33 Å². The first-order valence-corrected chi connectivity index (χ1v) is 10.4. The monoisotopic (exact) mass is 421 g/mol. The maximum atomic E-state index is 5.88. The lowest BCUT2D eigenvalue weighted by molar-refractivity contribution is 0.306. The lowest BCUT2D eigenvalue weighted by Crippen LogP contribution is -1.98. The third-order valence-electron chi connectivity index (χ3n) is 5.48. The van der Waals surface area contributed by atoms with Gasteiger partial charge >= 0.3 is 0 Å². The molecule has 5 rings (SSSR count). The van der Waals surface area contributed by atoms with E-state index in [0.717, 1.165) is 50.8 Å². The van der Waals surface area contributed by atoms with Gasteiger partial charge in [0.15, 0.2) is 0 Å². The van der Waals surface area contributed by atoms with E-state index in [-0.39, 0.29) is 0 Å². The van der Waals surface area contributed by atoms with Crippen molar-refractivity contribution in [3.05, 3.63) is 96.6 Å². The minimum Gasteiger partial charge on any atom is -0.489 e. The van der Waals surface area contributed by atoms with Gasteiger partial charge in [-0.25, -0.2) is 15.0 Å². The number of rotatable bonds is 6. The zero-order valence-corrected chi connectivity index (χ0v) is 18.0. The van der Waals surface area contributed by atoms with Crippen LogP contribution in [0.25, 0.3) is 22.3 Å². The maximum absolute atomic E-state index is 5.88. The summed E-state index contributed by atoms with van der Waals surface area (Å²) in [4.78, 5) is 13.4. The fourth-order valence-electron chi connectivity index (χ4n) is 3.57. The molecule has 0 aliphatic carbocycles. The molecule has 2 aromatic heterocycles. The molecule has 0 unspecified atom stereocenters. The minimum absolute atomic E-state index is 0.541. The van der Waals surface area contributed by atoms with Crippen molar-refractivity contribution in [1.29, 1.82) is 0 Å². The van der Waals surface area contributed by atoms with Crippen LogP contribution in [0.2, 0.25) is 0 Å². The predicted octanol–water partition coefficient (Wildman–Crippen LogP) is 5.66. The van der Waals surface area contributed by atoms with Crippen molar-refractivity contribution in [2.75, 3.05) is 5.32 Å². The highest BCUT2D eigenvalue weighted by molar-refractivity contribution is 5.93. The zero-order valence-electron chi connectivity index (χ0n) is 18.0. The summed E-state index contributed by atoms with van der Waals surface area (Å²) in [6.07, 6.45) is 3.45. The summed E-state index contributed by atoms with van der Waals surface area (Å²) in [6, 6.07) is 24.1. The first-order chi connectivity index (χ1) is 15.7. The molecule has 0 saturated carbocycles. The first kappa shape index (κ1) is 19.8. The highest BCUT2D eigenvalue weighted by Crippen LogP contribution is 2.28. The lowest BCUT2D eigenvalue weighted by atomic mass is 10.1. The highest BCUT2D eigenvalue weighted by Gasteiger charge is 2.10. The molecule has 2 heterocycles. The Labute approximate surface area is 186 Å². The van der Waals surface area contributed by atoms with E-state index in [1.807, 2.05) is 74.8 Å². The Morgan fingerprint density at radius 2 is 1.72 bits per heavy atom. The molecule has 6 heteroatoms. The normalized spacial score (nSPS) is 10.9. The molecule has 0 spiro atoms. The number of hydrogen-bond donors (Lipinski definition) is 1. The van der Waals surface area contributed by atoms with Crippen LogP contribution in [0.5, 0.6) is 5.75 Å². The van der Waals surface area contributed by atoms with Gasteiger partial charge in [-0.1, -0.05) is 30.3 Å². The number of nitrogens with zero attached hydrogens (tertiary/aromatic N) is 4. The molecule has 158 valence electrons. The van der Waals surface area contributed by atoms with Crippen molar-refractivity contribution in [2.45, 2.75) is 13.5 Å². The van der Waals surface area contributed by atoms with Crippen LogP contribution in [0.4, 0.5) is 11.5 Å². The average Bonchev–Trinajstić information content (AvgIpc) is 3.17. The largest absolute Gasteiger partial charge is 0.489 e. The van der Waals surface area contributed by atoms with Crippen LogP contribution in [0.1, 0.15) is 11.3 Å². The second-order valence-electron chi connectivity index (χ2n) is 7.66. The molecule has 0 aliphatic rings. The van der Waals surface area contributed by atoms with Crippen molar-refractivity contribution < 1.29 is 4.74 Å². The van der Waals surface area contributed by atoms with Crippen molar-refractivity contribution in [2.24, 2.45) is 7.05 Å². The molecule has 32 heavy (non-hydrogen) atoms. The Bertz CT molecular complexity index is 1360. The average molecular weight is 422 g/mol. The number of aryl methyl sites for hydroxylation is 1. The van der Waals surface area contributed by atoms with Gasteiger partial charge in [0, 0.05) is 35.6 Å². The Hall–Kier alpha value is -4.19. The Kier molecular flexibility index (Phi) is 5.25. The van der Waals surface area contributed by atoms with Crippen LogP contribution in [-0.4, -0.2) is 19.5 Å². The summed E-state index contributed by atoms with van der Waals surface area (Å²) in [7, 11) is 2.02. The van der Waals surface area contributed by atoms with E-state index in [0.29, 0.717) is 6.61 Å². The van der Waals surface area contributed by atoms with E-state index < -0.39 is 0 Å². The van der Waals surface area contributed by atoms with Crippen LogP contribution in [0, 0.1) is 6.92 Å². The number of fused-ring (bicyclic) bond motifs is 1. The standard InChI is InChI=1S/C26H23N5O/c1-18-15-27-26(31(18)2)20-8-13-24-23(14-20)25(29-17-28-24)30-21-9-11-22(12-10-21)32-16-19-6-4-3-5-7-19/h3-15,17H,16H2,1-2H3,(H,28,29,30). The van der Waals surface area contributed by atoms with Gasteiger partial charge in [-0.2, -0.15) is 0 Å². The van der Waals surface area contributed by atoms with Gasteiger partial charge in [-0.05, 0) is 55.0 Å². The quantitative estimate of drug-likeness (QED) is 0.383. The molecular formula is C26H23N5O. The Morgan fingerprint density at radius 1 is 0.906 bits per heavy atom. The summed E-state index contributed by atoms with van der Waals surface area (Å²) in [6.45, 7) is 2.58. The first-order valence-electron chi connectivity index (χ1n) is 10.4. The van der Waals surface area contributed by atoms with Gasteiger partial charge in [-0.15, -0.1) is 0 Å². The van der Waals surface area contributed by atoms with Crippen molar-refractivity contribution >= 4 is 22.4 Å². The second-order valence-corrected chi connectivity index (χ2v) is 7.66. The number of benzene rings is 3. The van der Waals surface area contributed by atoms with Crippen LogP contribution in [-0.2, 0) is 13.7 Å². The molecule has 1 N–H and O–H groups in total. The van der Waals surface area contributed by atoms with Gasteiger partial charge in [0.1, 0.15) is 30.3 Å². The van der Waals surface area contributed by atoms with Crippen LogP contribution in [0.15, 0.2) is 85.3 Å². The smallest absolute Gasteiger partial charge is 0.141 e. The molecule has 3 aromatic carbocycles. The molecule has 5 aromatic rings. The fraction of sp³-hybridized carbons (Fsp3) is 0.115. The summed E-state index contributed by atoms with van der Waals surface area (Å²) in [5.41, 5.74) is 5.07. The van der Waals surface area contributed by atoms with Crippen molar-refractivity contribution in [1.82, 2.24) is 19.5 Å². The maximum Gasteiger partial charge on any atom is 0.141 e. The van der Waals surface area contributed by atoms with E-state index in [9.17, 15) is 0 Å². The summed E-state index contributed by atoms with van der Waals surface area (Å²) in [5, 5.41) is 4.35. The molecule has 0 saturated heterocycles. The Balaban J connectivity index is 1.37. The van der Waals surface area contributed by atoms with Crippen LogP contribution in [0.3, 0.4) is 0 Å². The highest BCUT2D eigenvalue weighted by atomic mass is 16.5. The molecular weight excluding hydrogens is 398 g/mol. The molecule has 0 bridgehead atoms.